The Balaban J connectivity index is 1.26. The van der Waals surface area contributed by atoms with Crippen molar-refractivity contribution in [3.8, 4) is 11.5 Å². The van der Waals surface area contributed by atoms with Crippen LogP contribution in [0.5, 0.6) is 11.5 Å². The van der Waals surface area contributed by atoms with Crippen LogP contribution >= 0.6 is 0 Å². The van der Waals surface area contributed by atoms with Gasteiger partial charge in [-0.05, 0) is 55.7 Å². The molecule has 5 heteroatoms. The van der Waals surface area contributed by atoms with Crippen molar-refractivity contribution in [2.75, 3.05) is 19.9 Å². The average molecular weight is 314 g/mol. The highest BCUT2D eigenvalue weighted by molar-refractivity contribution is 5.75. The normalized spacial score (nSPS) is 29.0. The summed E-state index contributed by atoms with van der Waals surface area (Å²) < 4.78 is 10.9. The molecular formula is C18H22N2O3. The molecule has 5 nitrogen and oxygen atoms in total. The van der Waals surface area contributed by atoms with E-state index < -0.39 is 0 Å². The molecule has 3 fully saturated rings. The van der Waals surface area contributed by atoms with Gasteiger partial charge in [0.2, 0.25) is 6.79 Å². The van der Waals surface area contributed by atoms with Crippen molar-refractivity contribution in [1.82, 2.24) is 10.2 Å². The predicted octanol–water partition coefficient (Wildman–Crippen LogP) is 2.64. The van der Waals surface area contributed by atoms with E-state index in [1.54, 1.807) is 0 Å². The van der Waals surface area contributed by atoms with Crippen molar-refractivity contribution < 1.29 is 14.3 Å². The van der Waals surface area contributed by atoms with Crippen LogP contribution in [0.3, 0.4) is 0 Å². The Hall–Kier alpha value is -1.91. The zero-order chi connectivity index (χ0) is 15.4. The molecule has 1 saturated heterocycles. The number of nitrogens with one attached hydrogen (secondary N) is 1. The van der Waals surface area contributed by atoms with Gasteiger partial charge in [0.15, 0.2) is 11.5 Å². The summed E-state index contributed by atoms with van der Waals surface area (Å²) in [5.41, 5.74) is 1.35. The van der Waals surface area contributed by atoms with E-state index in [0.717, 1.165) is 43.3 Å². The summed E-state index contributed by atoms with van der Waals surface area (Å²) in [5.74, 6) is 2.40. The third kappa shape index (κ3) is 2.17. The molecule has 2 aliphatic heterocycles. The first kappa shape index (κ1) is 13.5. The highest BCUT2D eigenvalue weighted by atomic mass is 16.7. The van der Waals surface area contributed by atoms with Crippen molar-refractivity contribution >= 4 is 6.03 Å². The molecule has 4 aliphatic rings. The minimum atomic E-state index is 0.0926. The number of nitrogens with zero attached hydrogens (tertiary/aromatic N) is 1. The molecule has 2 heterocycles. The fourth-order valence-corrected chi connectivity index (χ4v) is 4.46. The molecule has 0 spiro atoms. The van der Waals surface area contributed by atoms with E-state index in [9.17, 15) is 4.79 Å². The number of hydrogen-bond donors (Lipinski definition) is 1. The Labute approximate surface area is 135 Å². The molecule has 0 radical (unpaired) electrons. The number of rotatable bonds is 3. The molecular weight excluding hydrogens is 292 g/mol. The van der Waals surface area contributed by atoms with Crippen LogP contribution in [0.2, 0.25) is 0 Å². The molecule has 2 bridgehead atoms. The van der Waals surface area contributed by atoms with Gasteiger partial charge in [0.1, 0.15) is 0 Å². The SMILES string of the molecule is O=C(NCC1(c2ccc3c(c2)OCO3)CC1)N1CC2CCC1C2. The van der Waals surface area contributed by atoms with Crippen molar-refractivity contribution in [3.63, 3.8) is 0 Å². The molecule has 5 rings (SSSR count). The second-order valence-corrected chi connectivity index (χ2v) is 7.49. The number of ether oxygens (including phenoxy) is 2. The first-order chi connectivity index (χ1) is 11.2. The lowest BCUT2D eigenvalue weighted by Crippen LogP contribution is -2.46. The smallest absolute Gasteiger partial charge is 0.317 e. The highest BCUT2D eigenvalue weighted by Gasteiger charge is 2.46. The third-order valence-corrected chi connectivity index (χ3v) is 6.09. The van der Waals surface area contributed by atoms with E-state index in [2.05, 4.69) is 22.3 Å². The van der Waals surface area contributed by atoms with Gasteiger partial charge in [-0.2, -0.15) is 0 Å². The largest absolute Gasteiger partial charge is 0.454 e. The fraction of sp³-hybridized carbons (Fsp3) is 0.611. The maximum absolute atomic E-state index is 12.5. The standard InChI is InChI=1S/C18H22N2O3/c21-17(20-9-12-1-3-14(20)7-12)19-10-18(5-6-18)13-2-4-15-16(8-13)23-11-22-15/h2,4,8,12,14H,1,3,5-7,9-11H2,(H,19,21). The minimum Gasteiger partial charge on any atom is -0.454 e. The summed E-state index contributed by atoms with van der Waals surface area (Å²) in [5, 5.41) is 3.19. The van der Waals surface area contributed by atoms with Crippen molar-refractivity contribution in [2.45, 2.75) is 43.6 Å². The first-order valence-electron chi connectivity index (χ1n) is 8.68. The van der Waals surface area contributed by atoms with Gasteiger partial charge in [0.05, 0.1) is 0 Å². The van der Waals surface area contributed by atoms with E-state index in [1.165, 1.54) is 24.8 Å². The molecule has 0 aromatic heterocycles. The molecule has 2 saturated carbocycles. The summed E-state index contributed by atoms with van der Waals surface area (Å²) in [6, 6.07) is 6.80. The first-order valence-corrected chi connectivity index (χ1v) is 8.68. The molecule has 1 aromatic carbocycles. The van der Waals surface area contributed by atoms with Gasteiger partial charge < -0.3 is 19.7 Å². The zero-order valence-corrected chi connectivity index (χ0v) is 13.2. The number of likely N-dealkylation sites (tertiary alicyclic amines) is 1. The Morgan fingerprint density at radius 1 is 1.26 bits per heavy atom. The van der Waals surface area contributed by atoms with Crippen LogP contribution < -0.4 is 14.8 Å². The summed E-state index contributed by atoms with van der Waals surface area (Å²) in [4.78, 5) is 14.6. The predicted molar refractivity (Wildman–Crippen MR) is 84.7 cm³/mol. The number of carbonyl (C=O) groups excluding carboxylic acids is 1. The molecule has 1 N–H and O–H groups in total. The van der Waals surface area contributed by atoms with Crippen LogP contribution in [0.4, 0.5) is 4.79 Å². The topological polar surface area (TPSA) is 50.8 Å². The Kier molecular flexibility index (Phi) is 2.82. The number of hydrogen-bond acceptors (Lipinski definition) is 3. The van der Waals surface area contributed by atoms with E-state index in [1.807, 2.05) is 6.07 Å². The van der Waals surface area contributed by atoms with Crippen molar-refractivity contribution in [1.29, 1.82) is 0 Å². The third-order valence-electron chi connectivity index (χ3n) is 6.09. The quantitative estimate of drug-likeness (QED) is 0.933. The molecule has 1 aromatic rings. The molecule has 2 unspecified atom stereocenters. The maximum atomic E-state index is 12.5. The summed E-state index contributed by atoms with van der Waals surface area (Å²) in [7, 11) is 0. The lowest BCUT2D eigenvalue weighted by molar-refractivity contribution is 0.174. The minimum absolute atomic E-state index is 0.0926. The Morgan fingerprint density at radius 2 is 2.13 bits per heavy atom. The summed E-state index contributed by atoms with van der Waals surface area (Å²) in [6.07, 6.45) is 5.94. The number of amides is 2. The van der Waals surface area contributed by atoms with Crippen LogP contribution in [0.1, 0.15) is 37.7 Å². The second-order valence-electron chi connectivity index (χ2n) is 7.49. The lowest BCUT2D eigenvalue weighted by Gasteiger charge is -2.28. The van der Waals surface area contributed by atoms with Gasteiger partial charge in [-0.15, -0.1) is 0 Å². The van der Waals surface area contributed by atoms with E-state index in [-0.39, 0.29) is 11.4 Å². The Bertz CT molecular complexity index is 656. The van der Waals surface area contributed by atoms with Gasteiger partial charge in [0.25, 0.3) is 0 Å². The maximum Gasteiger partial charge on any atom is 0.317 e. The average Bonchev–Trinajstić information content (AvgIpc) is 2.97. The molecule has 2 amide bonds. The molecule has 2 atom stereocenters. The highest BCUT2D eigenvalue weighted by Crippen LogP contribution is 2.50. The van der Waals surface area contributed by atoms with Crippen molar-refractivity contribution in [2.24, 2.45) is 5.92 Å². The van der Waals surface area contributed by atoms with Gasteiger partial charge in [-0.3, -0.25) is 0 Å². The van der Waals surface area contributed by atoms with Gasteiger partial charge in [-0.1, -0.05) is 6.07 Å². The monoisotopic (exact) mass is 314 g/mol. The van der Waals surface area contributed by atoms with Gasteiger partial charge in [-0.25, -0.2) is 4.79 Å². The summed E-state index contributed by atoms with van der Waals surface area (Å²) in [6.45, 7) is 1.98. The molecule has 2 aliphatic carbocycles. The number of urea groups is 1. The van der Waals surface area contributed by atoms with Crippen molar-refractivity contribution in [3.05, 3.63) is 23.8 Å². The van der Waals surface area contributed by atoms with Crippen LogP contribution in [0, 0.1) is 5.92 Å². The van der Waals surface area contributed by atoms with E-state index in [4.69, 9.17) is 9.47 Å². The second kappa shape index (κ2) is 4.79. The number of benzene rings is 1. The number of fused-ring (bicyclic) bond motifs is 3. The van der Waals surface area contributed by atoms with Gasteiger partial charge >= 0.3 is 6.03 Å². The molecule has 122 valence electrons. The summed E-state index contributed by atoms with van der Waals surface area (Å²) >= 11 is 0. The van der Waals surface area contributed by atoms with Gasteiger partial charge in [0, 0.05) is 24.5 Å². The zero-order valence-electron chi connectivity index (χ0n) is 13.2. The van der Waals surface area contributed by atoms with Crippen LogP contribution in [-0.2, 0) is 5.41 Å². The van der Waals surface area contributed by atoms with Crippen LogP contribution in [0.15, 0.2) is 18.2 Å². The molecule has 23 heavy (non-hydrogen) atoms. The van der Waals surface area contributed by atoms with Crippen LogP contribution in [-0.4, -0.2) is 36.9 Å². The Morgan fingerprint density at radius 3 is 2.87 bits per heavy atom. The number of piperidine rings is 1. The lowest BCUT2D eigenvalue weighted by atomic mass is 9.95. The van der Waals surface area contributed by atoms with E-state index in [0.29, 0.717) is 12.8 Å². The number of carbonyl (C=O) groups is 1. The fourth-order valence-electron chi connectivity index (χ4n) is 4.46. The van der Waals surface area contributed by atoms with Crippen LogP contribution in [0.25, 0.3) is 0 Å². The van der Waals surface area contributed by atoms with E-state index >= 15 is 0 Å².